The van der Waals surface area contributed by atoms with Gasteiger partial charge in [-0.3, -0.25) is 4.68 Å². The summed E-state index contributed by atoms with van der Waals surface area (Å²) in [7, 11) is -3.02. The first kappa shape index (κ1) is 14.5. The van der Waals surface area contributed by atoms with E-state index < -0.39 is 9.84 Å². The first-order valence-electron chi connectivity index (χ1n) is 6.91. The van der Waals surface area contributed by atoms with Gasteiger partial charge in [-0.1, -0.05) is 19.3 Å². The summed E-state index contributed by atoms with van der Waals surface area (Å²) in [6.45, 7) is 0. The summed E-state index contributed by atoms with van der Waals surface area (Å²) in [6.07, 6.45) is 9.98. The van der Waals surface area contributed by atoms with E-state index in [9.17, 15) is 8.42 Å². The molecular weight excluding hydrogens is 262 g/mol. The van der Waals surface area contributed by atoms with E-state index in [0.717, 1.165) is 5.69 Å². The standard InChI is InChI=1S/C13H23N3O2S/c1-19(17,18)10-11(14)9-12-7-8-16(15-12)13-5-3-2-4-6-13/h7-8,11,13H,2-6,9-10,14H2,1H3. The predicted molar refractivity (Wildman–Crippen MR) is 75.7 cm³/mol. The fraction of sp³-hybridized carbons (Fsp3) is 0.769. The smallest absolute Gasteiger partial charge is 0.148 e. The van der Waals surface area contributed by atoms with Crippen molar-refractivity contribution >= 4 is 9.84 Å². The quantitative estimate of drug-likeness (QED) is 0.884. The highest BCUT2D eigenvalue weighted by Crippen LogP contribution is 2.27. The van der Waals surface area contributed by atoms with E-state index in [1.54, 1.807) is 0 Å². The van der Waals surface area contributed by atoms with Crippen LogP contribution >= 0.6 is 0 Å². The second-order valence-electron chi connectivity index (χ2n) is 5.64. The summed E-state index contributed by atoms with van der Waals surface area (Å²) in [4.78, 5) is 0. The van der Waals surface area contributed by atoms with Gasteiger partial charge in [-0.25, -0.2) is 8.42 Å². The molecule has 2 N–H and O–H groups in total. The number of aromatic nitrogens is 2. The fourth-order valence-corrected chi connectivity index (χ4v) is 3.65. The third-order valence-electron chi connectivity index (χ3n) is 3.60. The highest BCUT2D eigenvalue weighted by molar-refractivity contribution is 7.90. The van der Waals surface area contributed by atoms with E-state index in [2.05, 4.69) is 5.10 Å². The van der Waals surface area contributed by atoms with Gasteiger partial charge in [0.1, 0.15) is 9.84 Å². The van der Waals surface area contributed by atoms with Gasteiger partial charge in [-0.15, -0.1) is 0 Å². The monoisotopic (exact) mass is 285 g/mol. The Morgan fingerprint density at radius 1 is 1.42 bits per heavy atom. The Hall–Kier alpha value is -0.880. The summed E-state index contributed by atoms with van der Waals surface area (Å²) < 4.78 is 24.4. The Morgan fingerprint density at radius 3 is 2.74 bits per heavy atom. The lowest BCUT2D eigenvalue weighted by Gasteiger charge is -2.21. The molecule has 19 heavy (non-hydrogen) atoms. The molecule has 0 amide bonds. The SMILES string of the molecule is CS(=O)(=O)CC(N)Cc1ccn(C2CCCCC2)n1. The third-order valence-corrected chi connectivity index (χ3v) is 4.63. The van der Waals surface area contributed by atoms with Gasteiger partial charge in [0.05, 0.1) is 17.5 Å². The van der Waals surface area contributed by atoms with Crippen molar-refractivity contribution in [1.29, 1.82) is 0 Å². The van der Waals surface area contributed by atoms with Crippen LogP contribution in [0.4, 0.5) is 0 Å². The zero-order chi connectivity index (χ0) is 13.9. The molecule has 0 aromatic carbocycles. The normalized spacial score (nSPS) is 19.5. The van der Waals surface area contributed by atoms with Crippen molar-refractivity contribution in [3.05, 3.63) is 18.0 Å². The van der Waals surface area contributed by atoms with E-state index in [4.69, 9.17) is 5.73 Å². The number of rotatable bonds is 5. The number of hydrogen-bond donors (Lipinski definition) is 1. The first-order valence-corrected chi connectivity index (χ1v) is 8.97. The van der Waals surface area contributed by atoms with Crippen LogP contribution < -0.4 is 5.73 Å². The van der Waals surface area contributed by atoms with Crippen LogP contribution in [-0.2, 0) is 16.3 Å². The van der Waals surface area contributed by atoms with E-state index in [-0.39, 0.29) is 11.8 Å². The van der Waals surface area contributed by atoms with Crippen molar-refractivity contribution in [3.63, 3.8) is 0 Å². The summed E-state index contributed by atoms with van der Waals surface area (Å²) in [5.74, 6) is 0.0172. The van der Waals surface area contributed by atoms with Gasteiger partial charge < -0.3 is 5.73 Å². The van der Waals surface area contributed by atoms with Crippen molar-refractivity contribution in [3.8, 4) is 0 Å². The van der Waals surface area contributed by atoms with Crippen LogP contribution in [0.25, 0.3) is 0 Å². The lowest BCUT2D eigenvalue weighted by molar-refractivity contribution is 0.328. The topological polar surface area (TPSA) is 78.0 Å². The second kappa shape index (κ2) is 6.05. The van der Waals surface area contributed by atoms with Crippen molar-refractivity contribution in [2.75, 3.05) is 12.0 Å². The molecule has 0 bridgehead atoms. The maximum atomic E-state index is 11.2. The molecule has 1 fully saturated rings. The van der Waals surface area contributed by atoms with E-state index in [0.29, 0.717) is 12.5 Å². The van der Waals surface area contributed by atoms with Gasteiger partial charge in [0.15, 0.2) is 0 Å². The Morgan fingerprint density at radius 2 is 2.11 bits per heavy atom. The van der Waals surface area contributed by atoms with Gasteiger partial charge in [0, 0.05) is 24.9 Å². The van der Waals surface area contributed by atoms with Crippen molar-refractivity contribution in [2.24, 2.45) is 5.73 Å². The van der Waals surface area contributed by atoms with Crippen LogP contribution in [0.2, 0.25) is 0 Å². The first-order chi connectivity index (χ1) is 8.94. The molecular formula is C13H23N3O2S. The number of sulfone groups is 1. The molecule has 0 saturated heterocycles. The number of nitrogens with two attached hydrogens (primary N) is 1. The molecule has 0 aliphatic heterocycles. The van der Waals surface area contributed by atoms with Crippen LogP contribution in [0.5, 0.6) is 0 Å². The van der Waals surface area contributed by atoms with Gasteiger partial charge in [0.25, 0.3) is 0 Å². The molecule has 1 aliphatic carbocycles. The van der Waals surface area contributed by atoms with Crippen LogP contribution in [-0.4, -0.2) is 36.2 Å². The Balaban J connectivity index is 1.93. The summed E-state index contributed by atoms with van der Waals surface area (Å²) in [5.41, 5.74) is 6.74. The molecule has 1 aromatic rings. The molecule has 1 saturated carbocycles. The molecule has 0 spiro atoms. The average molecular weight is 285 g/mol. The van der Waals surface area contributed by atoms with Crippen LogP contribution in [0.3, 0.4) is 0 Å². The molecule has 108 valence electrons. The van der Waals surface area contributed by atoms with Gasteiger partial charge >= 0.3 is 0 Å². The second-order valence-corrected chi connectivity index (χ2v) is 7.82. The lowest BCUT2D eigenvalue weighted by Crippen LogP contribution is -2.31. The maximum Gasteiger partial charge on any atom is 0.148 e. The van der Waals surface area contributed by atoms with E-state index in [1.807, 2.05) is 16.9 Å². The van der Waals surface area contributed by atoms with E-state index >= 15 is 0 Å². The molecule has 6 heteroatoms. The summed E-state index contributed by atoms with van der Waals surface area (Å²) in [5, 5.41) is 4.55. The van der Waals surface area contributed by atoms with Gasteiger partial charge in [-0.05, 0) is 18.9 Å². The molecule has 2 rings (SSSR count). The van der Waals surface area contributed by atoms with Crippen LogP contribution in [0.1, 0.15) is 43.8 Å². The van der Waals surface area contributed by atoms with E-state index in [1.165, 1.54) is 38.4 Å². The number of nitrogens with zero attached hydrogens (tertiary/aromatic N) is 2. The minimum Gasteiger partial charge on any atom is -0.326 e. The molecule has 0 radical (unpaired) electrons. The molecule has 5 nitrogen and oxygen atoms in total. The molecule has 1 heterocycles. The average Bonchev–Trinajstić information content (AvgIpc) is 2.76. The van der Waals surface area contributed by atoms with Gasteiger partial charge in [0.2, 0.25) is 0 Å². The molecule has 1 unspecified atom stereocenters. The fourth-order valence-electron chi connectivity index (χ4n) is 2.75. The third kappa shape index (κ3) is 4.62. The van der Waals surface area contributed by atoms with Crippen molar-refractivity contribution in [1.82, 2.24) is 9.78 Å². The molecule has 1 atom stereocenters. The van der Waals surface area contributed by atoms with Crippen molar-refractivity contribution < 1.29 is 8.42 Å². The predicted octanol–water partition coefficient (Wildman–Crippen LogP) is 1.30. The van der Waals surface area contributed by atoms with Gasteiger partial charge in [-0.2, -0.15) is 5.10 Å². The zero-order valence-electron chi connectivity index (χ0n) is 11.5. The molecule has 1 aromatic heterocycles. The van der Waals surface area contributed by atoms with Crippen molar-refractivity contribution in [2.45, 2.75) is 50.6 Å². The minimum absolute atomic E-state index is 0.0172. The maximum absolute atomic E-state index is 11.2. The Kier molecular flexibility index (Phi) is 4.62. The van der Waals surface area contributed by atoms with Crippen LogP contribution in [0, 0.1) is 0 Å². The lowest BCUT2D eigenvalue weighted by atomic mass is 9.96. The highest BCUT2D eigenvalue weighted by atomic mass is 32.2. The summed E-state index contributed by atoms with van der Waals surface area (Å²) in [6, 6.07) is 2.09. The minimum atomic E-state index is -3.02. The summed E-state index contributed by atoms with van der Waals surface area (Å²) >= 11 is 0. The largest absolute Gasteiger partial charge is 0.326 e. The Labute approximate surface area is 115 Å². The number of hydrogen-bond acceptors (Lipinski definition) is 4. The van der Waals surface area contributed by atoms with Crippen LogP contribution in [0.15, 0.2) is 12.3 Å². The highest BCUT2D eigenvalue weighted by Gasteiger charge is 2.17. The Bertz CT molecular complexity index is 504. The molecule has 1 aliphatic rings. The zero-order valence-corrected chi connectivity index (χ0v) is 12.3.